The number of nitrogens with zero attached hydrogens (tertiary/aromatic N) is 1. The van der Waals surface area contributed by atoms with Gasteiger partial charge in [0, 0.05) is 17.6 Å². The van der Waals surface area contributed by atoms with Gasteiger partial charge in [-0.1, -0.05) is 0 Å². The second-order valence-electron chi connectivity index (χ2n) is 3.26. The molecular weight excluding hydrogens is 248 g/mol. The van der Waals surface area contributed by atoms with Crippen LogP contribution in [0.2, 0.25) is 0 Å². The maximum absolute atomic E-state index is 11.5. The first kappa shape index (κ1) is 11.6. The van der Waals surface area contributed by atoms with Crippen molar-refractivity contribution in [1.82, 2.24) is 4.98 Å². The van der Waals surface area contributed by atoms with Gasteiger partial charge in [-0.3, -0.25) is 14.3 Å². The molecule has 7 nitrogen and oxygen atoms in total. The monoisotopic (exact) mass is 256 g/mol. The molecule has 1 aromatic heterocycles. The third kappa shape index (κ3) is 1.87. The summed E-state index contributed by atoms with van der Waals surface area (Å²) in [4.78, 5) is 12.6. The molecule has 0 atom stereocenters. The third-order valence-electron chi connectivity index (χ3n) is 2.32. The number of rotatable bonds is 3. The van der Waals surface area contributed by atoms with E-state index in [1.165, 1.54) is 12.3 Å². The second kappa shape index (κ2) is 3.82. The van der Waals surface area contributed by atoms with Gasteiger partial charge < -0.3 is 4.98 Å². The van der Waals surface area contributed by atoms with E-state index in [2.05, 4.69) is 9.17 Å². The molecule has 0 saturated carbocycles. The van der Waals surface area contributed by atoms with E-state index in [9.17, 15) is 18.5 Å². The Morgan fingerprint density at radius 1 is 1.41 bits per heavy atom. The van der Waals surface area contributed by atoms with E-state index in [4.69, 9.17) is 0 Å². The number of nitrogens with one attached hydrogen (secondary N) is 1. The number of nitro groups is 1. The zero-order chi connectivity index (χ0) is 12.6. The van der Waals surface area contributed by atoms with Crippen LogP contribution in [0.25, 0.3) is 10.9 Å². The van der Waals surface area contributed by atoms with E-state index in [0.717, 1.165) is 13.2 Å². The lowest BCUT2D eigenvalue weighted by molar-refractivity contribution is -0.383. The Kier molecular flexibility index (Phi) is 2.60. The average molecular weight is 256 g/mol. The van der Waals surface area contributed by atoms with Crippen molar-refractivity contribution in [3.05, 3.63) is 34.5 Å². The molecule has 0 amide bonds. The summed E-state index contributed by atoms with van der Waals surface area (Å²) in [7, 11) is -2.94. The van der Waals surface area contributed by atoms with E-state index in [1.54, 1.807) is 6.07 Å². The first-order valence-corrected chi connectivity index (χ1v) is 5.92. The van der Waals surface area contributed by atoms with Crippen molar-refractivity contribution >= 4 is 26.7 Å². The van der Waals surface area contributed by atoms with Crippen molar-refractivity contribution < 1.29 is 17.5 Å². The molecule has 1 aromatic carbocycles. The van der Waals surface area contributed by atoms with Gasteiger partial charge in [0.05, 0.1) is 12.0 Å². The van der Waals surface area contributed by atoms with Crippen LogP contribution in [0.3, 0.4) is 0 Å². The molecule has 1 heterocycles. The number of hydrogen-bond acceptors (Lipinski definition) is 5. The molecule has 2 aromatic rings. The molecule has 0 radical (unpaired) electrons. The van der Waals surface area contributed by atoms with E-state index in [-0.39, 0.29) is 16.1 Å². The van der Waals surface area contributed by atoms with Gasteiger partial charge in [0.2, 0.25) is 0 Å². The maximum atomic E-state index is 11.5. The van der Waals surface area contributed by atoms with Gasteiger partial charge in [-0.15, -0.1) is 0 Å². The van der Waals surface area contributed by atoms with Gasteiger partial charge in [-0.2, -0.15) is 8.42 Å². The van der Waals surface area contributed by atoms with Crippen molar-refractivity contribution in [3.63, 3.8) is 0 Å². The molecule has 0 aliphatic carbocycles. The van der Waals surface area contributed by atoms with Crippen molar-refractivity contribution in [3.8, 4) is 0 Å². The number of aromatic nitrogens is 1. The fourth-order valence-electron chi connectivity index (χ4n) is 1.51. The van der Waals surface area contributed by atoms with Crippen molar-refractivity contribution in [2.75, 3.05) is 7.11 Å². The quantitative estimate of drug-likeness (QED) is 0.508. The summed E-state index contributed by atoms with van der Waals surface area (Å²) in [6, 6.07) is 3.84. The normalized spacial score (nSPS) is 11.8. The van der Waals surface area contributed by atoms with Crippen LogP contribution in [-0.4, -0.2) is 25.4 Å². The third-order valence-corrected chi connectivity index (χ3v) is 3.57. The van der Waals surface area contributed by atoms with Gasteiger partial charge in [0.1, 0.15) is 10.4 Å². The van der Waals surface area contributed by atoms with Gasteiger partial charge in [0.15, 0.2) is 0 Å². The summed E-state index contributed by atoms with van der Waals surface area (Å²) >= 11 is 0. The highest BCUT2D eigenvalue weighted by atomic mass is 32.2. The minimum absolute atomic E-state index is 0.237. The second-order valence-corrected chi connectivity index (χ2v) is 4.98. The zero-order valence-electron chi connectivity index (χ0n) is 8.71. The Labute approximate surface area is 96.3 Å². The van der Waals surface area contributed by atoms with E-state index in [1.807, 2.05) is 0 Å². The first-order valence-electron chi connectivity index (χ1n) is 4.52. The molecule has 0 bridgehead atoms. The number of fused-ring (bicyclic) bond motifs is 1. The predicted octanol–water partition coefficient (Wildman–Crippen LogP) is 1.41. The molecule has 0 saturated heterocycles. The van der Waals surface area contributed by atoms with Gasteiger partial charge in [0.25, 0.3) is 15.8 Å². The van der Waals surface area contributed by atoms with Crippen LogP contribution in [0.1, 0.15) is 0 Å². The van der Waals surface area contributed by atoms with Crippen molar-refractivity contribution in [2.45, 2.75) is 4.90 Å². The molecule has 2 rings (SSSR count). The van der Waals surface area contributed by atoms with Crippen LogP contribution in [0, 0.1) is 10.1 Å². The summed E-state index contributed by atoms with van der Waals surface area (Å²) < 4.78 is 27.3. The fraction of sp³-hybridized carbons (Fsp3) is 0.111. The molecule has 8 heteroatoms. The number of aromatic amines is 1. The molecule has 90 valence electrons. The van der Waals surface area contributed by atoms with E-state index in [0.29, 0.717) is 5.39 Å². The van der Waals surface area contributed by atoms with Crippen LogP contribution in [-0.2, 0) is 14.3 Å². The highest BCUT2D eigenvalue weighted by molar-refractivity contribution is 7.86. The Morgan fingerprint density at radius 2 is 2.12 bits per heavy atom. The molecule has 0 fully saturated rings. The van der Waals surface area contributed by atoms with Gasteiger partial charge >= 0.3 is 0 Å². The Hall–Kier alpha value is -1.93. The van der Waals surface area contributed by atoms with Gasteiger partial charge in [-0.25, -0.2) is 0 Å². The number of benzene rings is 1. The number of H-pyrrole nitrogens is 1. The fourth-order valence-corrected chi connectivity index (χ4v) is 2.23. The Balaban J connectivity index is 2.81. The molecule has 0 spiro atoms. The summed E-state index contributed by atoms with van der Waals surface area (Å²) in [5, 5.41) is 11.3. The number of non-ortho nitro benzene ring substituents is 1. The Morgan fingerprint density at radius 3 is 2.71 bits per heavy atom. The molecule has 17 heavy (non-hydrogen) atoms. The van der Waals surface area contributed by atoms with Gasteiger partial charge in [-0.05, 0) is 12.1 Å². The predicted molar refractivity (Wildman–Crippen MR) is 59.1 cm³/mol. The number of hydrogen-bond donors (Lipinski definition) is 1. The average Bonchev–Trinajstić information content (AvgIpc) is 2.75. The number of nitro benzene ring substituents is 1. The largest absolute Gasteiger partial charge is 0.356 e. The van der Waals surface area contributed by atoms with Crippen LogP contribution < -0.4 is 0 Å². The lowest BCUT2D eigenvalue weighted by Gasteiger charge is -2.02. The molecular formula is C9H8N2O5S. The highest BCUT2D eigenvalue weighted by Crippen LogP contribution is 2.28. The van der Waals surface area contributed by atoms with Crippen LogP contribution in [0.15, 0.2) is 29.3 Å². The van der Waals surface area contributed by atoms with Crippen LogP contribution in [0.4, 0.5) is 5.69 Å². The minimum Gasteiger partial charge on any atom is -0.356 e. The topological polar surface area (TPSA) is 102 Å². The summed E-state index contributed by atoms with van der Waals surface area (Å²) in [5.74, 6) is 0. The van der Waals surface area contributed by atoms with Crippen LogP contribution >= 0.6 is 0 Å². The zero-order valence-corrected chi connectivity index (χ0v) is 9.52. The standard InChI is InChI=1S/C9H8N2O5S/c1-16-17(14,15)7-4-6-2-3-10-9(6)8(5-7)11(12)13/h2-5,10H,1H3. The molecule has 0 unspecified atom stereocenters. The van der Waals surface area contributed by atoms with Crippen molar-refractivity contribution in [1.29, 1.82) is 0 Å². The van der Waals surface area contributed by atoms with E-state index < -0.39 is 15.0 Å². The lowest BCUT2D eigenvalue weighted by Crippen LogP contribution is -2.03. The van der Waals surface area contributed by atoms with Crippen LogP contribution in [0.5, 0.6) is 0 Å². The smallest absolute Gasteiger partial charge is 0.296 e. The first-order chi connectivity index (χ1) is 7.95. The molecule has 1 N–H and O–H groups in total. The maximum Gasteiger partial charge on any atom is 0.296 e. The van der Waals surface area contributed by atoms with E-state index >= 15 is 0 Å². The minimum atomic E-state index is -3.94. The summed E-state index contributed by atoms with van der Waals surface area (Å²) in [6.45, 7) is 0. The molecule has 0 aliphatic heterocycles. The SMILES string of the molecule is COS(=O)(=O)c1cc([N+](=O)[O-])c2[nH]ccc2c1. The summed E-state index contributed by atoms with van der Waals surface area (Å²) in [5.41, 5.74) is -0.0202. The highest BCUT2D eigenvalue weighted by Gasteiger charge is 2.21. The lowest BCUT2D eigenvalue weighted by atomic mass is 10.2. The summed E-state index contributed by atoms with van der Waals surface area (Å²) in [6.07, 6.45) is 1.50. The molecule has 0 aliphatic rings. The van der Waals surface area contributed by atoms with Crippen molar-refractivity contribution in [2.24, 2.45) is 0 Å². The Bertz CT molecular complexity index is 688.